The first-order chi connectivity index (χ1) is 10.8. The highest BCUT2D eigenvalue weighted by atomic mass is 16.6. The summed E-state index contributed by atoms with van der Waals surface area (Å²) in [5.41, 5.74) is 5.27. The van der Waals surface area contributed by atoms with Gasteiger partial charge in [-0.2, -0.15) is 0 Å². The molecule has 0 aliphatic rings. The maximum atomic E-state index is 11.2. The standard InChI is InChI=1S/C14H28N2O6/c15-3-7-20-9-11-22-13-12-21-10-8-19-6-2-14(18)16-4-1-5-17/h5H,1-4,6-13,15H2,(H,16,18). The Kier molecular flexibility index (Phi) is 17.1. The van der Waals surface area contributed by atoms with Crippen LogP contribution < -0.4 is 11.1 Å². The molecule has 0 saturated heterocycles. The highest BCUT2D eigenvalue weighted by Crippen LogP contribution is 1.86. The number of nitrogens with two attached hydrogens (primary N) is 1. The maximum absolute atomic E-state index is 11.2. The van der Waals surface area contributed by atoms with Gasteiger partial charge in [0.25, 0.3) is 0 Å². The second-order valence-corrected chi connectivity index (χ2v) is 4.29. The molecule has 0 atom stereocenters. The molecule has 0 rings (SSSR count). The molecule has 0 fully saturated rings. The van der Waals surface area contributed by atoms with Crippen LogP contribution >= 0.6 is 0 Å². The summed E-state index contributed by atoms with van der Waals surface area (Å²) >= 11 is 0. The Labute approximate surface area is 131 Å². The van der Waals surface area contributed by atoms with Crippen LogP contribution in [0.3, 0.4) is 0 Å². The van der Waals surface area contributed by atoms with Crippen LogP contribution in [0, 0.1) is 0 Å². The van der Waals surface area contributed by atoms with Crippen molar-refractivity contribution in [2.45, 2.75) is 12.8 Å². The summed E-state index contributed by atoms with van der Waals surface area (Å²) < 4.78 is 21.0. The van der Waals surface area contributed by atoms with Crippen molar-refractivity contribution in [3.05, 3.63) is 0 Å². The number of rotatable bonds is 17. The van der Waals surface area contributed by atoms with E-state index in [0.29, 0.717) is 72.4 Å². The fourth-order valence-electron chi connectivity index (χ4n) is 1.37. The summed E-state index contributed by atoms with van der Waals surface area (Å²) in [6, 6.07) is 0. The third-order valence-electron chi connectivity index (χ3n) is 2.44. The number of hydrogen-bond acceptors (Lipinski definition) is 7. The number of amides is 1. The minimum absolute atomic E-state index is 0.118. The molecule has 0 aromatic carbocycles. The van der Waals surface area contributed by atoms with Gasteiger partial charge in [-0.3, -0.25) is 4.79 Å². The van der Waals surface area contributed by atoms with Crippen LogP contribution in [-0.2, 0) is 28.5 Å². The second kappa shape index (κ2) is 18.0. The van der Waals surface area contributed by atoms with Gasteiger partial charge < -0.3 is 34.8 Å². The Morgan fingerprint density at radius 2 is 1.36 bits per heavy atom. The van der Waals surface area contributed by atoms with Gasteiger partial charge in [-0.15, -0.1) is 0 Å². The number of hydrogen-bond donors (Lipinski definition) is 2. The van der Waals surface area contributed by atoms with Gasteiger partial charge >= 0.3 is 0 Å². The van der Waals surface area contributed by atoms with E-state index in [-0.39, 0.29) is 12.3 Å². The van der Waals surface area contributed by atoms with Crippen molar-refractivity contribution >= 4 is 12.2 Å². The fourth-order valence-corrected chi connectivity index (χ4v) is 1.37. The quantitative estimate of drug-likeness (QED) is 0.264. The van der Waals surface area contributed by atoms with Crippen LogP contribution in [0.25, 0.3) is 0 Å². The maximum Gasteiger partial charge on any atom is 0.222 e. The molecule has 0 aliphatic heterocycles. The third kappa shape index (κ3) is 17.0. The molecule has 0 bridgehead atoms. The van der Waals surface area contributed by atoms with Crippen LogP contribution in [0.2, 0.25) is 0 Å². The summed E-state index contributed by atoms with van der Waals surface area (Å²) in [6.07, 6.45) is 1.39. The topological polar surface area (TPSA) is 109 Å². The monoisotopic (exact) mass is 320 g/mol. The minimum atomic E-state index is -0.118. The molecule has 0 spiro atoms. The van der Waals surface area contributed by atoms with E-state index in [9.17, 15) is 9.59 Å². The molecule has 0 saturated carbocycles. The highest BCUT2D eigenvalue weighted by molar-refractivity contribution is 5.76. The highest BCUT2D eigenvalue weighted by Gasteiger charge is 2.00. The zero-order valence-corrected chi connectivity index (χ0v) is 13.1. The molecule has 0 aliphatic carbocycles. The van der Waals surface area contributed by atoms with Crippen LogP contribution in [0.5, 0.6) is 0 Å². The summed E-state index contributed by atoms with van der Waals surface area (Å²) in [5.74, 6) is -0.118. The normalized spacial score (nSPS) is 10.6. The molecule has 8 heteroatoms. The van der Waals surface area contributed by atoms with Crippen LogP contribution in [0.4, 0.5) is 0 Å². The number of carbonyl (C=O) groups is 2. The van der Waals surface area contributed by atoms with E-state index in [1.165, 1.54) is 0 Å². The Balaban J connectivity index is 3.08. The van der Waals surface area contributed by atoms with Gasteiger partial charge in [-0.05, 0) is 0 Å². The zero-order valence-electron chi connectivity index (χ0n) is 13.1. The van der Waals surface area contributed by atoms with Gasteiger partial charge in [0.2, 0.25) is 5.91 Å². The first kappa shape index (κ1) is 20.9. The Bertz CT molecular complexity index is 266. The van der Waals surface area contributed by atoms with Gasteiger partial charge in [0.15, 0.2) is 0 Å². The summed E-state index contributed by atoms with van der Waals surface area (Å²) in [6.45, 7) is 4.73. The predicted octanol–water partition coefficient (Wildman–Crippen LogP) is -0.893. The van der Waals surface area contributed by atoms with Gasteiger partial charge in [0, 0.05) is 25.9 Å². The first-order valence-electron chi connectivity index (χ1n) is 7.52. The minimum Gasteiger partial charge on any atom is -0.379 e. The molecule has 0 unspecified atom stereocenters. The molecule has 130 valence electrons. The predicted molar refractivity (Wildman–Crippen MR) is 80.6 cm³/mol. The number of ether oxygens (including phenoxy) is 4. The van der Waals surface area contributed by atoms with E-state index in [2.05, 4.69) is 5.32 Å². The molecule has 1 amide bonds. The molecular weight excluding hydrogens is 292 g/mol. The van der Waals surface area contributed by atoms with E-state index in [4.69, 9.17) is 24.7 Å². The molecule has 0 aromatic rings. The van der Waals surface area contributed by atoms with Crippen molar-refractivity contribution in [1.29, 1.82) is 0 Å². The smallest absolute Gasteiger partial charge is 0.222 e. The van der Waals surface area contributed by atoms with Gasteiger partial charge in [-0.1, -0.05) is 0 Å². The summed E-state index contributed by atoms with van der Waals surface area (Å²) in [5, 5.41) is 2.61. The van der Waals surface area contributed by atoms with Crippen molar-refractivity contribution in [2.24, 2.45) is 5.73 Å². The van der Waals surface area contributed by atoms with E-state index >= 15 is 0 Å². The number of nitrogens with one attached hydrogen (secondary N) is 1. The van der Waals surface area contributed by atoms with E-state index in [1.807, 2.05) is 0 Å². The van der Waals surface area contributed by atoms with E-state index in [1.54, 1.807) is 0 Å². The molecule has 0 aromatic heterocycles. The van der Waals surface area contributed by atoms with Crippen molar-refractivity contribution in [1.82, 2.24) is 5.32 Å². The van der Waals surface area contributed by atoms with Gasteiger partial charge in [0.05, 0.1) is 52.9 Å². The Hall–Kier alpha value is -1.06. The van der Waals surface area contributed by atoms with E-state index < -0.39 is 0 Å². The van der Waals surface area contributed by atoms with Crippen LogP contribution in [0.1, 0.15) is 12.8 Å². The molecule has 22 heavy (non-hydrogen) atoms. The SMILES string of the molecule is NCCOCCOCCOCCOCCC(=O)NCCC=O. The third-order valence-corrected chi connectivity index (χ3v) is 2.44. The number of carbonyl (C=O) groups excluding carboxylic acids is 2. The number of aldehydes is 1. The van der Waals surface area contributed by atoms with Gasteiger partial charge in [-0.25, -0.2) is 0 Å². The molecule has 0 heterocycles. The van der Waals surface area contributed by atoms with Crippen molar-refractivity contribution in [3.8, 4) is 0 Å². The average molecular weight is 320 g/mol. The Morgan fingerprint density at radius 1 is 0.864 bits per heavy atom. The Morgan fingerprint density at radius 3 is 1.86 bits per heavy atom. The average Bonchev–Trinajstić information content (AvgIpc) is 2.52. The first-order valence-corrected chi connectivity index (χ1v) is 7.52. The fraction of sp³-hybridized carbons (Fsp3) is 0.857. The molecular formula is C14H28N2O6. The lowest BCUT2D eigenvalue weighted by Crippen LogP contribution is -2.25. The van der Waals surface area contributed by atoms with Crippen molar-refractivity contribution in [2.75, 3.05) is 65.9 Å². The summed E-state index contributed by atoms with van der Waals surface area (Å²) in [7, 11) is 0. The van der Waals surface area contributed by atoms with Crippen molar-refractivity contribution in [3.63, 3.8) is 0 Å². The van der Waals surface area contributed by atoms with Crippen LogP contribution in [0.15, 0.2) is 0 Å². The van der Waals surface area contributed by atoms with Gasteiger partial charge in [0.1, 0.15) is 6.29 Å². The lowest BCUT2D eigenvalue weighted by molar-refractivity contribution is -0.122. The molecule has 0 radical (unpaired) electrons. The molecule has 3 N–H and O–H groups in total. The second-order valence-electron chi connectivity index (χ2n) is 4.29. The largest absolute Gasteiger partial charge is 0.379 e. The summed E-state index contributed by atoms with van der Waals surface area (Å²) in [4.78, 5) is 21.3. The lowest BCUT2D eigenvalue weighted by Gasteiger charge is -2.07. The zero-order chi connectivity index (χ0) is 16.3. The van der Waals surface area contributed by atoms with Crippen molar-refractivity contribution < 1.29 is 28.5 Å². The van der Waals surface area contributed by atoms with Crippen LogP contribution in [-0.4, -0.2) is 78.1 Å². The molecule has 8 nitrogen and oxygen atoms in total. The van der Waals surface area contributed by atoms with E-state index in [0.717, 1.165) is 6.29 Å². The lowest BCUT2D eigenvalue weighted by atomic mass is 10.4.